The zero-order valence-electron chi connectivity index (χ0n) is 13.1. The van der Waals surface area contributed by atoms with Gasteiger partial charge in [0.1, 0.15) is 5.75 Å². The lowest BCUT2D eigenvalue weighted by atomic mass is 10.0. The highest BCUT2D eigenvalue weighted by Crippen LogP contribution is 2.23. The van der Waals surface area contributed by atoms with Crippen LogP contribution in [0.15, 0.2) is 6.20 Å². The fourth-order valence-corrected chi connectivity index (χ4v) is 2.11. The second kappa shape index (κ2) is 7.57. The molecule has 1 rings (SSSR count). The number of hydrogen-bond donors (Lipinski definition) is 2. The third-order valence-electron chi connectivity index (χ3n) is 3.39. The van der Waals surface area contributed by atoms with Gasteiger partial charge in [-0.1, -0.05) is 0 Å². The summed E-state index contributed by atoms with van der Waals surface area (Å²) in [4.78, 5) is 4.42. The summed E-state index contributed by atoms with van der Waals surface area (Å²) in [5.41, 5.74) is 2.23. The molecule has 2 N–H and O–H groups in total. The lowest BCUT2D eigenvalue weighted by Crippen LogP contribution is -2.38. The van der Waals surface area contributed by atoms with Crippen LogP contribution in [0.1, 0.15) is 30.2 Å². The van der Waals surface area contributed by atoms with E-state index in [2.05, 4.69) is 10.3 Å². The van der Waals surface area contributed by atoms with Gasteiger partial charge in [-0.25, -0.2) is 0 Å². The molecule has 0 spiro atoms. The fourth-order valence-electron chi connectivity index (χ4n) is 2.11. The summed E-state index contributed by atoms with van der Waals surface area (Å²) in [6, 6.07) is 0. The van der Waals surface area contributed by atoms with E-state index < -0.39 is 5.60 Å². The van der Waals surface area contributed by atoms with Gasteiger partial charge in [-0.3, -0.25) is 4.98 Å². The van der Waals surface area contributed by atoms with Gasteiger partial charge in [0.25, 0.3) is 0 Å². The van der Waals surface area contributed by atoms with Crippen LogP contribution >= 0.6 is 0 Å². The van der Waals surface area contributed by atoms with Crippen molar-refractivity contribution in [1.29, 1.82) is 0 Å². The van der Waals surface area contributed by atoms with Gasteiger partial charge in [-0.15, -0.1) is 0 Å². The van der Waals surface area contributed by atoms with E-state index in [1.54, 1.807) is 21.1 Å². The van der Waals surface area contributed by atoms with Gasteiger partial charge in [0.05, 0.1) is 18.4 Å². The average molecular weight is 282 g/mol. The Bertz CT molecular complexity index is 433. The maximum absolute atomic E-state index is 10.2. The molecule has 1 aromatic rings. The van der Waals surface area contributed by atoms with Gasteiger partial charge in [-0.05, 0) is 20.8 Å². The molecule has 1 heterocycles. The van der Waals surface area contributed by atoms with Crippen molar-refractivity contribution in [1.82, 2.24) is 10.3 Å². The Kier molecular flexibility index (Phi) is 6.39. The number of nitrogens with one attached hydrogen (secondary N) is 1. The van der Waals surface area contributed by atoms with Crippen LogP contribution < -0.4 is 10.1 Å². The van der Waals surface area contributed by atoms with Crippen molar-refractivity contribution in [2.75, 3.05) is 27.4 Å². The number of aryl methyl sites for hydroxylation is 1. The van der Waals surface area contributed by atoms with Crippen molar-refractivity contribution in [2.24, 2.45) is 0 Å². The van der Waals surface area contributed by atoms with Crippen LogP contribution in [0.3, 0.4) is 0 Å². The van der Waals surface area contributed by atoms with Crippen molar-refractivity contribution >= 4 is 0 Å². The topological polar surface area (TPSA) is 63.6 Å². The summed E-state index contributed by atoms with van der Waals surface area (Å²) in [6.45, 7) is 7.42. The SMILES string of the molecule is COCCC(C)(O)CNCc1ncc(C)c(OC)c1C. The molecule has 0 aliphatic rings. The van der Waals surface area contributed by atoms with Gasteiger partial charge in [0, 0.05) is 50.6 Å². The van der Waals surface area contributed by atoms with E-state index in [1.807, 2.05) is 20.0 Å². The zero-order valence-corrected chi connectivity index (χ0v) is 13.1. The molecule has 0 saturated carbocycles. The number of aromatic nitrogens is 1. The minimum atomic E-state index is -0.779. The van der Waals surface area contributed by atoms with Crippen molar-refractivity contribution in [2.45, 2.75) is 39.3 Å². The van der Waals surface area contributed by atoms with E-state index >= 15 is 0 Å². The quantitative estimate of drug-likeness (QED) is 0.758. The Morgan fingerprint density at radius 3 is 2.65 bits per heavy atom. The summed E-state index contributed by atoms with van der Waals surface area (Å²) in [7, 11) is 3.30. The lowest BCUT2D eigenvalue weighted by molar-refractivity contribution is 0.0247. The van der Waals surface area contributed by atoms with E-state index in [1.165, 1.54) is 0 Å². The summed E-state index contributed by atoms with van der Waals surface area (Å²) in [6.07, 6.45) is 2.41. The van der Waals surface area contributed by atoms with E-state index in [0.29, 0.717) is 26.1 Å². The molecule has 5 nitrogen and oxygen atoms in total. The molecule has 0 amide bonds. The maximum atomic E-state index is 10.2. The Hall–Kier alpha value is -1.17. The van der Waals surface area contributed by atoms with Gasteiger partial charge in [0.2, 0.25) is 0 Å². The van der Waals surface area contributed by atoms with Crippen LogP contribution in [0.4, 0.5) is 0 Å². The first-order chi connectivity index (χ1) is 9.41. The summed E-state index contributed by atoms with van der Waals surface area (Å²) >= 11 is 0. The molecule has 0 saturated heterocycles. The van der Waals surface area contributed by atoms with Crippen molar-refractivity contribution < 1.29 is 14.6 Å². The molecule has 0 aliphatic carbocycles. The lowest BCUT2D eigenvalue weighted by Gasteiger charge is -2.23. The maximum Gasteiger partial charge on any atom is 0.128 e. The molecular weight excluding hydrogens is 256 g/mol. The van der Waals surface area contributed by atoms with Crippen LogP contribution in [-0.4, -0.2) is 43.1 Å². The summed E-state index contributed by atoms with van der Waals surface area (Å²) < 4.78 is 10.4. The molecule has 5 heteroatoms. The monoisotopic (exact) mass is 282 g/mol. The molecule has 0 radical (unpaired) electrons. The third kappa shape index (κ3) is 4.74. The van der Waals surface area contributed by atoms with E-state index in [0.717, 1.165) is 22.6 Å². The van der Waals surface area contributed by atoms with Crippen LogP contribution in [0.5, 0.6) is 5.75 Å². The first-order valence-corrected chi connectivity index (χ1v) is 6.82. The Labute approximate surface area is 121 Å². The van der Waals surface area contributed by atoms with Crippen LogP contribution in [-0.2, 0) is 11.3 Å². The number of nitrogens with zero attached hydrogens (tertiary/aromatic N) is 1. The van der Waals surface area contributed by atoms with Crippen molar-refractivity contribution in [3.8, 4) is 5.75 Å². The highest BCUT2D eigenvalue weighted by molar-refractivity contribution is 5.40. The summed E-state index contributed by atoms with van der Waals surface area (Å²) in [5, 5.41) is 13.4. The molecule has 0 aromatic carbocycles. The second-order valence-corrected chi connectivity index (χ2v) is 5.39. The molecule has 20 heavy (non-hydrogen) atoms. The van der Waals surface area contributed by atoms with Gasteiger partial charge < -0.3 is 19.9 Å². The molecule has 1 atom stereocenters. The molecular formula is C15H26N2O3. The number of pyridine rings is 1. The smallest absolute Gasteiger partial charge is 0.128 e. The molecule has 0 fully saturated rings. The molecule has 1 aromatic heterocycles. The Balaban J connectivity index is 2.58. The predicted molar refractivity (Wildman–Crippen MR) is 79.1 cm³/mol. The highest BCUT2D eigenvalue weighted by atomic mass is 16.5. The number of ether oxygens (including phenoxy) is 2. The second-order valence-electron chi connectivity index (χ2n) is 5.39. The van der Waals surface area contributed by atoms with E-state index in [4.69, 9.17) is 9.47 Å². The standard InChI is InChI=1S/C15H26N2O3/c1-11-8-17-13(12(2)14(11)20-5)9-16-10-15(3,18)6-7-19-4/h8,16,18H,6-7,9-10H2,1-5H3. The van der Waals surface area contributed by atoms with Gasteiger partial charge >= 0.3 is 0 Å². The normalized spacial score (nSPS) is 14.1. The minimum Gasteiger partial charge on any atom is -0.496 e. The Morgan fingerprint density at radius 1 is 1.35 bits per heavy atom. The number of aliphatic hydroxyl groups is 1. The van der Waals surface area contributed by atoms with Gasteiger partial charge in [0.15, 0.2) is 0 Å². The average Bonchev–Trinajstić information content (AvgIpc) is 2.40. The molecule has 1 unspecified atom stereocenters. The fraction of sp³-hybridized carbons (Fsp3) is 0.667. The van der Waals surface area contributed by atoms with Crippen molar-refractivity contribution in [3.05, 3.63) is 23.0 Å². The number of hydrogen-bond acceptors (Lipinski definition) is 5. The predicted octanol–water partition coefficient (Wildman–Crippen LogP) is 1.58. The number of methoxy groups -OCH3 is 2. The van der Waals surface area contributed by atoms with Crippen LogP contribution in [0.2, 0.25) is 0 Å². The van der Waals surface area contributed by atoms with Gasteiger partial charge in [-0.2, -0.15) is 0 Å². The van der Waals surface area contributed by atoms with E-state index in [-0.39, 0.29) is 0 Å². The zero-order chi connectivity index (χ0) is 15.2. The summed E-state index contributed by atoms with van der Waals surface area (Å²) in [5.74, 6) is 0.878. The minimum absolute atomic E-state index is 0.494. The number of rotatable bonds is 8. The molecule has 0 aliphatic heterocycles. The molecule has 114 valence electrons. The van der Waals surface area contributed by atoms with Crippen LogP contribution in [0.25, 0.3) is 0 Å². The third-order valence-corrected chi connectivity index (χ3v) is 3.39. The van der Waals surface area contributed by atoms with Crippen molar-refractivity contribution in [3.63, 3.8) is 0 Å². The van der Waals surface area contributed by atoms with E-state index in [9.17, 15) is 5.11 Å². The Morgan fingerprint density at radius 2 is 2.05 bits per heavy atom. The van der Waals surface area contributed by atoms with Crippen LogP contribution in [0, 0.1) is 13.8 Å². The largest absolute Gasteiger partial charge is 0.496 e. The highest BCUT2D eigenvalue weighted by Gasteiger charge is 2.19. The first-order valence-electron chi connectivity index (χ1n) is 6.82. The molecule has 0 bridgehead atoms. The first kappa shape index (κ1) is 16.9.